The summed E-state index contributed by atoms with van der Waals surface area (Å²) in [4.78, 5) is 22.8. The van der Waals surface area contributed by atoms with Crippen molar-refractivity contribution in [3.05, 3.63) is 106 Å². The van der Waals surface area contributed by atoms with Gasteiger partial charge in [0, 0.05) is 45.7 Å². The number of amides is 1. The first-order chi connectivity index (χ1) is 19.4. The lowest BCUT2D eigenvalue weighted by molar-refractivity contribution is -0.192. The van der Waals surface area contributed by atoms with Crippen molar-refractivity contribution in [1.82, 2.24) is 15.4 Å². The van der Waals surface area contributed by atoms with E-state index in [1.165, 1.54) is 0 Å². The highest BCUT2D eigenvalue weighted by molar-refractivity contribution is 6.30. The van der Waals surface area contributed by atoms with E-state index in [1.807, 2.05) is 60.8 Å². The number of hydrogen-bond acceptors (Lipinski definition) is 5. The van der Waals surface area contributed by atoms with Crippen LogP contribution in [0.4, 0.5) is 0 Å². The van der Waals surface area contributed by atoms with E-state index in [4.69, 9.17) is 16.4 Å². The van der Waals surface area contributed by atoms with Crippen LogP contribution >= 0.6 is 11.6 Å². The highest BCUT2D eigenvalue weighted by Gasteiger charge is 2.48. The number of nitrogens with zero attached hydrogens (tertiary/aromatic N) is 1. The number of halogens is 1. The first-order valence-electron chi connectivity index (χ1n) is 13.3. The SMILES string of the molecule is C[C@@H](O)[C@H]1ON(Cc2cccc(C#Cc3ccc(Cl)cc3)c2)[C@@H](C(=O)NCCc2c[nH]c3ccccc23)[C@H]1CO. The predicted octanol–water partition coefficient (Wildman–Crippen LogP) is 4.05. The second-order valence-corrected chi connectivity index (χ2v) is 10.5. The number of carbonyl (C=O) groups is 1. The maximum absolute atomic E-state index is 13.5. The Bertz CT molecular complexity index is 1520. The van der Waals surface area contributed by atoms with Gasteiger partial charge < -0.3 is 20.5 Å². The minimum atomic E-state index is -0.861. The van der Waals surface area contributed by atoms with Crippen LogP contribution in [0.1, 0.15) is 29.2 Å². The fourth-order valence-corrected chi connectivity index (χ4v) is 5.30. The Balaban J connectivity index is 1.29. The molecule has 1 fully saturated rings. The van der Waals surface area contributed by atoms with E-state index in [0.717, 1.165) is 33.2 Å². The molecule has 1 saturated heterocycles. The minimum absolute atomic E-state index is 0.249. The Morgan fingerprint density at radius 3 is 2.65 bits per heavy atom. The van der Waals surface area contributed by atoms with Gasteiger partial charge in [0.25, 0.3) is 0 Å². The summed E-state index contributed by atoms with van der Waals surface area (Å²) in [6.45, 7) is 2.03. The predicted molar refractivity (Wildman–Crippen MR) is 155 cm³/mol. The standard InChI is InChI=1S/C32H32ClN3O4/c1-21(38)31-28(20-37)30(32(39)34-16-15-25-18-35-29-8-3-2-7-27(25)29)36(40-31)19-24-6-4-5-23(17-24)10-9-22-11-13-26(33)14-12-22/h2-8,11-14,17-18,21,28,30-31,35,37-38H,15-16,19-20H2,1H3,(H,34,39)/t21-,28-,30-,31-/m1/s1. The molecule has 1 aromatic heterocycles. The second kappa shape index (κ2) is 12.7. The summed E-state index contributed by atoms with van der Waals surface area (Å²) in [6, 6.07) is 22.3. The first-order valence-corrected chi connectivity index (χ1v) is 13.7. The number of aromatic amines is 1. The fourth-order valence-electron chi connectivity index (χ4n) is 5.17. The van der Waals surface area contributed by atoms with Gasteiger partial charge in [0.15, 0.2) is 0 Å². The van der Waals surface area contributed by atoms with Crippen LogP contribution in [-0.4, -0.2) is 57.6 Å². The Kier molecular flexibility index (Phi) is 8.85. The zero-order chi connectivity index (χ0) is 28.1. The first kappa shape index (κ1) is 27.9. The van der Waals surface area contributed by atoms with Gasteiger partial charge in [-0.25, -0.2) is 0 Å². The number of nitrogens with one attached hydrogen (secondary N) is 2. The zero-order valence-corrected chi connectivity index (χ0v) is 22.9. The number of aliphatic hydroxyl groups is 2. The van der Waals surface area contributed by atoms with Crippen molar-refractivity contribution >= 4 is 28.4 Å². The number of hydroxylamine groups is 2. The van der Waals surface area contributed by atoms with E-state index in [-0.39, 0.29) is 19.1 Å². The number of para-hydroxylation sites is 1. The van der Waals surface area contributed by atoms with Gasteiger partial charge in [-0.2, -0.15) is 5.06 Å². The molecule has 5 rings (SSSR count). The number of hydrogen-bond donors (Lipinski definition) is 4. The van der Waals surface area contributed by atoms with Gasteiger partial charge in [-0.05, 0) is 66.9 Å². The van der Waals surface area contributed by atoms with Crippen LogP contribution in [0.2, 0.25) is 5.02 Å². The maximum atomic E-state index is 13.5. The van der Waals surface area contributed by atoms with Crippen LogP contribution in [0.15, 0.2) is 79.0 Å². The van der Waals surface area contributed by atoms with Crippen LogP contribution in [0.5, 0.6) is 0 Å². The summed E-state index contributed by atoms with van der Waals surface area (Å²) in [5.41, 5.74) is 4.74. The molecule has 7 nitrogen and oxygen atoms in total. The molecule has 0 aliphatic carbocycles. The third-order valence-electron chi connectivity index (χ3n) is 7.18. The Hall–Kier alpha value is -3.64. The summed E-state index contributed by atoms with van der Waals surface area (Å²) >= 11 is 5.96. The average Bonchev–Trinajstić information content (AvgIpc) is 3.54. The average molecular weight is 558 g/mol. The number of benzene rings is 3. The van der Waals surface area contributed by atoms with Crippen molar-refractivity contribution in [3.8, 4) is 11.8 Å². The number of H-pyrrole nitrogens is 1. The molecule has 4 aromatic rings. The lowest BCUT2D eigenvalue weighted by atomic mass is 9.92. The van der Waals surface area contributed by atoms with Crippen LogP contribution in [-0.2, 0) is 22.6 Å². The van der Waals surface area contributed by atoms with Gasteiger partial charge in [-0.3, -0.25) is 9.63 Å². The third-order valence-corrected chi connectivity index (χ3v) is 7.43. The Labute approximate surface area is 238 Å². The summed E-state index contributed by atoms with van der Waals surface area (Å²) in [6.07, 6.45) is 1.05. The maximum Gasteiger partial charge on any atom is 0.240 e. The van der Waals surface area contributed by atoms with Gasteiger partial charge in [-0.15, -0.1) is 0 Å². The smallest absolute Gasteiger partial charge is 0.240 e. The van der Waals surface area contributed by atoms with Crippen LogP contribution < -0.4 is 5.32 Å². The van der Waals surface area contributed by atoms with Gasteiger partial charge in [0.1, 0.15) is 12.1 Å². The summed E-state index contributed by atoms with van der Waals surface area (Å²) in [5.74, 6) is 5.47. The van der Waals surface area contributed by atoms with Crippen LogP contribution in [0.3, 0.4) is 0 Å². The van der Waals surface area contributed by atoms with E-state index >= 15 is 0 Å². The largest absolute Gasteiger partial charge is 0.396 e. The van der Waals surface area contributed by atoms with Crippen molar-refractivity contribution in [3.63, 3.8) is 0 Å². The Morgan fingerprint density at radius 2 is 1.88 bits per heavy atom. The lowest BCUT2D eigenvalue weighted by Gasteiger charge is -2.24. The molecule has 4 N–H and O–H groups in total. The highest BCUT2D eigenvalue weighted by Crippen LogP contribution is 2.31. The summed E-state index contributed by atoms with van der Waals surface area (Å²) < 4.78 is 0. The zero-order valence-electron chi connectivity index (χ0n) is 22.2. The van der Waals surface area contributed by atoms with E-state index < -0.39 is 24.2 Å². The minimum Gasteiger partial charge on any atom is -0.396 e. The molecule has 0 bridgehead atoms. The topological polar surface area (TPSA) is 97.8 Å². The molecule has 3 aromatic carbocycles. The van der Waals surface area contributed by atoms with Gasteiger partial charge in [0.05, 0.1) is 19.3 Å². The molecule has 0 radical (unpaired) electrons. The number of aliphatic hydroxyl groups excluding tert-OH is 2. The molecule has 2 heterocycles. The number of aromatic nitrogens is 1. The molecule has 1 amide bonds. The molecule has 8 heteroatoms. The Morgan fingerprint density at radius 1 is 1.10 bits per heavy atom. The molecule has 0 spiro atoms. The van der Waals surface area contributed by atoms with Crippen LogP contribution in [0, 0.1) is 17.8 Å². The summed E-state index contributed by atoms with van der Waals surface area (Å²) in [7, 11) is 0. The molecule has 40 heavy (non-hydrogen) atoms. The number of rotatable bonds is 8. The van der Waals surface area contributed by atoms with Gasteiger partial charge in [-0.1, -0.05) is 53.8 Å². The van der Waals surface area contributed by atoms with E-state index in [1.54, 1.807) is 24.1 Å². The van der Waals surface area contributed by atoms with Gasteiger partial charge in [0.2, 0.25) is 5.91 Å². The molecular formula is C32H32ClN3O4. The molecule has 1 aliphatic rings. The second-order valence-electron chi connectivity index (χ2n) is 10.0. The molecule has 1 aliphatic heterocycles. The lowest BCUT2D eigenvalue weighted by Crippen LogP contribution is -2.48. The van der Waals surface area contributed by atoms with Crippen molar-refractivity contribution in [1.29, 1.82) is 0 Å². The highest BCUT2D eigenvalue weighted by atomic mass is 35.5. The molecular weight excluding hydrogens is 526 g/mol. The number of fused-ring (bicyclic) bond motifs is 1. The molecule has 0 saturated carbocycles. The van der Waals surface area contributed by atoms with E-state index in [0.29, 0.717) is 18.0 Å². The summed E-state index contributed by atoms with van der Waals surface area (Å²) in [5, 5.41) is 26.9. The van der Waals surface area contributed by atoms with E-state index in [2.05, 4.69) is 28.2 Å². The normalized spacial score (nSPS) is 19.8. The van der Waals surface area contributed by atoms with E-state index in [9.17, 15) is 15.0 Å². The number of carbonyl (C=O) groups excluding carboxylic acids is 1. The molecule has 206 valence electrons. The van der Waals surface area contributed by atoms with Crippen molar-refractivity contribution in [2.75, 3.05) is 13.2 Å². The van der Waals surface area contributed by atoms with Crippen molar-refractivity contribution in [2.45, 2.75) is 38.1 Å². The third kappa shape index (κ3) is 6.39. The van der Waals surface area contributed by atoms with Gasteiger partial charge >= 0.3 is 0 Å². The monoisotopic (exact) mass is 557 g/mol. The fraction of sp³-hybridized carbons (Fsp3) is 0.281. The van der Waals surface area contributed by atoms with Crippen LogP contribution in [0.25, 0.3) is 10.9 Å². The quantitative estimate of drug-likeness (QED) is 0.245. The van der Waals surface area contributed by atoms with Crippen molar-refractivity contribution < 1.29 is 19.8 Å². The molecule has 0 unspecified atom stereocenters. The van der Waals surface area contributed by atoms with Crippen molar-refractivity contribution in [2.24, 2.45) is 5.92 Å². The molecule has 4 atom stereocenters.